The van der Waals surface area contributed by atoms with E-state index in [0.29, 0.717) is 30.2 Å². The number of hydrogen-bond donors (Lipinski definition) is 0. The number of ketones is 2. The van der Waals surface area contributed by atoms with Gasteiger partial charge in [-0.05, 0) is 61.9 Å². The molecule has 6 nitrogen and oxygen atoms in total. The number of pyridine rings is 2. The second kappa shape index (κ2) is 14.1. The fourth-order valence-electron chi connectivity index (χ4n) is 2.58. The maximum atomic E-state index is 12.0. The highest BCUT2D eigenvalue weighted by atomic mass is 16.5. The molecule has 0 fully saturated rings. The number of rotatable bonds is 13. The summed E-state index contributed by atoms with van der Waals surface area (Å²) >= 11 is 0. The average Bonchev–Trinajstić information content (AvgIpc) is 2.81. The van der Waals surface area contributed by atoms with Crippen molar-refractivity contribution in [1.29, 1.82) is 0 Å². The average molecular weight is 445 g/mol. The van der Waals surface area contributed by atoms with Crippen LogP contribution in [0.1, 0.15) is 29.9 Å². The monoisotopic (exact) mass is 444 g/mol. The second-order valence-corrected chi connectivity index (χ2v) is 7.01. The molecule has 2 rings (SSSR count). The number of hydrogen-bond acceptors (Lipinski definition) is 6. The van der Waals surface area contributed by atoms with Crippen molar-refractivity contribution in [1.82, 2.24) is 9.97 Å². The van der Waals surface area contributed by atoms with Crippen LogP contribution in [0.3, 0.4) is 0 Å². The molecule has 170 valence electrons. The van der Waals surface area contributed by atoms with E-state index in [0.717, 1.165) is 11.4 Å². The maximum absolute atomic E-state index is 12.0. The molecule has 2 aromatic rings. The van der Waals surface area contributed by atoms with Gasteiger partial charge in [-0.25, -0.2) is 0 Å². The van der Waals surface area contributed by atoms with E-state index < -0.39 is 0 Å². The molecule has 0 radical (unpaired) electrons. The topological polar surface area (TPSA) is 78.4 Å². The molecular weight excluding hydrogens is 416 g/mol. The van der Waals surface area contributed by atoms with E-state index in [4.69, 9.17) is 9.47 Å². The van der Waals surface area contributed by atoms with Crippen molar-refractivity contribution in [2.75, 3.05) is 7.11 Å². The standard InChI is InChI=1S/C27H28N2O4/c1-21-10-9-12-23(29-21)15-16-26(31)19-25(30)13-5-4-6-14-27(18-22(2)32-3)33-20-24-11-7-8-17-28-24/h5-18H,2,4,19-20H2,1,3H3/b13-5+,14-6-,16-15+,27-18+. The molecule has 0 aliphatic rings. The van der Waals surface area contributed by atoms with Crippen molar-refractivity contribution in [3.05, 3.63) is 114 Å². The molecule has 0 aliphatic carbocycles. The first-order chi connectivity index (χ1) is 16.0. The summed E-state index contributed by atoms with van der Waals surface area (Å²) in [4.78, 5) is 32.5. The molecule has 0 spiro atoms. The van der Waals surface area contributed by atoms with E-state index in [1.54, 1.807) is 36.6 Å². The van der Waals surface area contributed by atoms with Gasteiger partial charge in [0.1, 0.15) is 18.1 Å². The van der Waals surface area contributed by atoms with Crippen LogP contribution in [0.25, 0.3) is 6.08 Å². The van der Waals surface area contributed by atoms with Crippen LogP contribution in [-0.2, 0) is 25.7 Å². The third-order valence-corrected chi connectivity index (χ3v) is 4.23. The number of methoxy groups -OCH3 is 1. The van der Waals surface area contributed by atoms with Crippen molar-refractivity contribution in [3.63, 3.8) is 0 Å². The molecule has 0 saturated carbocycles. The summed E-state index contributed by atoms with van der Waals surface area (Å²) in [6.45, 7) is 5.95. The Hall–Kier alpha value is -4.06. The van der Waals surface area contributed by atoms with Gasteiger partial charge in [0.15, 0.2) is 11.6 Å². The van der Waals surface area contributed by atoms with Gasteiger partial charge in [-0.2, -0.15) is 0 Å². The molecular formula is C27H28N2O4. The molecule has 2 heterocycles. The van der Waals surface area contributed by atoms with Crippen molar-refractivity contribution in [2.45, 2.75) is 26.4 Å². The minimum Gasteiger partial charge on any atom is -0.497 e. The lowest BCUT2D eigenvalue weighted by Gasteiger charge is -2.07. The van der Waals surface area contributed by atoms with Crippen LogP contribution in [0.2, 0.25) is 0 Å². The number of carbonyl (C=O) groups is 2. The summed E-state index contributed by atoms with van der Waals surface area (Å²) in [5, 5.41) is 0. The van der Waals surface area contributed by atoms with Gasteiger partial charge in [-0.1, -0.05) is 30.9 Å². The summed E-state index contributed by atoms with van der Waals surface area (Å²) in [5.41, 5.74) is 2.34. The van der Waals surface area contributed by atoms with Crippen LogP contribution in [0.15, 0.2) is 97.1 Å². The number of nitrogens with zero attached hydrogens (tertiary/aromatic N) is 2. The Morgan fingerprint density at radius 3 is 2.55 bits per heavy atom. The molecule has 0 N–H and O–H groups in total. The van der Waals surface area contributed by atoms with Crippen molar-refractivity contribution >= 4 is 17.6 Å². The Labute approximate surface area is 194 Å². The Morgan fingerprint density at radius 1 is 1.03 bits per heavy atom. The lowest BCUT2D eigenvalue weighted by molar-refractivity contribution is -0.121. The van der Waals surface area contributed by atoms with Crippen LogP contribution in [0.5, 0.6) is 0 Å². The smallest absolute Gasteiger partial charge is 0.163 e. The molecule has 6 heteroatoms. The van der Waals surface area contributed by atoms with E-state index >= 15 is 0 Å². The quantitative estimate of drug-likeness (QED) is 0.185. The highest BCUT2D eigenvalue weighted by Crippen LogP contribution is 2.09. The lowest BCUT2D eigenvalue weighted by atomic mass is 10.1. The summed E-state index contributed by atoms with van der Waals surface area (Å²) < 4.78 is 10.9. The van der Waals surface area contributed by atoms with E-state index in [9.17, 15) is 9.59 Å². The second-order valence-electron chi connectivity index (χ2n) is 7.01. The normalized spacial score (nSPS) is 11.9. The van der Waals surface area contributed by atoms with Gasteiger partial charge in [-0.15, -0.1) is 0 Å². The summed E-state index contributed by atoms with van der Waals surface area (Å²) in [7, 11) is 1.53. The number of aromatic nitrogens is 2. The molecule has 2 aromatic heterocycles. The number of allylic oxidation sites excluding steroid dienone is 6. The van der Waals surface area contributed by atoms with Crippen LogP contribution in [-0.4, -0.2) is 28.6 Å². The first-order valence-electron chi connectivity index (χ1n) is 10.4. The van der Waals surface area contributed by atoms with Crippen LogP contribution in [0, 0.1) is 6.92 Å². The van der Waals surface area contributed by atoms with Gasteiger partial charge < -0.3 is 9.47 Å². The Bertz CT molecular complexity index is 1070. The van der Waals surface area contributed by atoms with Gasteiger partial charge in [0.25, 0.3) is 0 Å². The zero-order valence-electron chi connectivity index (χ0n) is 18.9. The van der Waals surface area contributed by atoms with Gasteiger partial charge in [0.05, 0.1) is 24.9 Å². The summed E-state index contributed by atoms with van der Waals surface area (Å²) in [6.07, 6.45) is 13.4. The van der Waals surface area contributed by atoms with Crippen LogP contribution < -0.4 is 0 Å². The highest BCUT2D eigenvalue weighted by Gasteiger charge is 2.03. The number of ether oxygens (including phenoxy) is 2. The van der Waals surface area contributed by atoms with E-state index in [1.807, 2.05) is 43.3 Å². The first kappa shape index (κ1) is 25.2. The minimum absolute atomic E-state index is 0.186. The first-order valence-corrected chi connectivity index (χ1v) is 10.4. The summed E-state index contributed by atoms with van der Waals surface area (Å²) in [6, 6.07) is 11.1. The minimum atomic E-state index is -0.269. The predicted octanol–water partition coefficient (Wildman–Crippen LogP) is 5.09. The van der Waals surface area contributed by atoms with Crippen molar-refractivity contribution in [2.24, 2.45) is 0 Å². The third-order valence-electron chi connectivity index (χ3n) is 4.23. The Balaban J connectivity index is 1.83. The third kappa shape index (κ3) is 10.7. The van der Waals surface area contributed by atoms with E-state index in [-0.39, 0.29) is 18.0 Å². The zero-order chi connectivity index (χ0) is 23.9. The van der Waals surface area contributed by atoms with Gasteiger partial charge in [-0.3, -0.25) is 19.6 Å². The predicted molar refractivity (Wildman–Crippen MR) is 129 cm³/mol. The van der Waals surface area contributed by atoms with Crippen molar-refractivity contribution < 1.29 is 19.1 Å². The fraction of sp³-hybridized carbons (Fsp3) is 0.185. The molecule has 0 amide bonds. The van der Waals surface area contributed by atoms with Crippen molar-refractivity contribution in [3.8, 4) is 0 Å². The number of aryl methyl sites for hydroxylation is 1. The molecule has 0 unspecified atom stereocenters. The Morgan fingerprint density at radius 2 is 1.82 bits per heavy atom. The largest absolute Gasteiger partial charge is 0.497 e. The molecule has 0 aliphatic heterocycles. The number of carbonyl (C=O) groups excluding carboxylic acids is 2. The van der Waals surface area contributed by atoms with E-state index in [1.165, 1.54) is 19.3 Å². The molecule has 0 saturated heterocycles. The molecule has 0 aromatic carbocycles. The van der Waals surface area contributed by atoms with Crippen LogP contribution >= 0.6 is 0 Å². The zero-order valence-corrected chi connectivity index (χ0v) is 18.9. The SMILES string of the molecule is C=C(/C=C(\C=C/C/C=C/C(=O)CC(=O)/C=C/c1cccc(C)n1)OCc1ccccn1)OC. The Kier molecular flexibility index (Phi) is 10.8. The molecule has 33 heavy (non-hydrogen) atoms. The fourth-order valence-corrected chi connectivity index (χ4v) is 2.58. The van der Waals surface area contributed by atoms with Gasteiger partial charge >= 0.3 is 0 Å². The maximum Gasteiger partial charge on any atom is 0.163 e. The van der Waals surface area contributed by atoms with Gasteiger partial charge in [0, 0.05) is 18.0 Å². The molecule has 0 bridgehead atoms. The van der Waals surface area contributed by atoms with E-state index in [2.05, 4.69) is 16.5 Å². The van der Waals surface area contributed by atoms with Crippen LogP contribution in [0.4, 0.5) is 0 Å². The van der Waals surface area contributed by atoms with Gasteiger partial charge in [0.2, 0.25) is 0 Å². The highest BCUT2D eigenvalue weighted by molar-refractivity contribution is 6.09. The lowest BCUT2D eigenvalue weighted by Crippen LogP contribution is -2.02. The molecule has 0 atom stereocenters. The summed E-state index contributed by atoms with van der Waals surface area (Å²) in [5.74, 6) is 0.478.